The third kappa shape index (κ3) is 2.63. The van der Waals surface area contributed by atoms with Gasteiger partial charge in [0.15, 0.2) is 0 Å². The zero-order valence-electron chi connectivity index (χ0n) is 12.5. The highest BCUT2D eigenvalue weighted by Gasteiger charge is 2.43. The number of thiophene rings is 1. The maximum Gasteiger partial charge on any atom is 0.222 e. The molecule has 2 saturated heterocycles. The zero-order valence-corrected chi connectivity index (χ0v) is 13.3. The molecule has 1 aromatic heterocycles. The second kappa shape index (κ2) is 5.49. The van der Waals surface area contributed by atoms with Crippen molar-refractivity contribution in [3.05, 3.63) is 21.9 Å². The molecule has 0 radical (unpaired) electrons. The first-order valence-corrected chi connectivity index (χ1v) is 8.45. The zero-order chi connectivity index (χ0) is 14.2. The standard InChI is InChI=1S/C16H24N2OS/c1-13-6-7-14(20-13)11-18-10-4-9-16(12-18)8-3-5-15(19)17(16)2/h6-7H,3-5,8-12H2,1-2H3/t16-/m0/s1. The van der Waals surface area contributed by atoms with Crippen molar-refractivity contribution in [1.82, 2.24) is 9.80 Å². The minimum atomic E-state index is 0.111. The van der Waals surface area contributed by atoms with Crippen LogP contribution in [0.15, 0.2) is 12.1 Å². The first-order chi connectivity index (χ1) is 9.59. The molecule has 3 rings (SSSR count). The van der Waals surface area contributed by atoms with Crippen LogP contribution in [0.4, 0.5) is 0 Å². The number of piperidine rings is 2. The van der Waals surface area contributed by atoms with E-state index in [0.29, 0.717) is 5.91 Å². The fraction of sp³-hybridized carbons (Fsp3) is 0.688. The molecule has 2 fully saturated rings. The Morgan fingerprint density at radius 3 is 2.85 bits per heavy atom. The van der Waals surface area contributed by atoms with Crippen molar-refractivity contribution in [2.24, 2.45) is 0 Å². The normalized spacial score (nSPS) is 28.3. The third-order valence-corrected chi connectivity index (χ3v) is 5.91. The van der Waals surface area contributed by atoms with Gasteiger partial charge >= 0.3 is 0 Å². The second-order valence-electron chi connectivity index (χ2n) is 6.36. The summed E-state index contributed by atoms with van der Waals surface area (Å²) in [6.45, 7) is 5.43. The summed E-state index contributed by atoms with van der Waals surface area (Å²) in [7, 11) is 2.01. The Hall–Kier alpha value is -0.870. The molecule has 0 bridgehead atoms. The Morgan fingerprint density at radius 1 is 1.30 bits per heavy atom. The number of aryl methyl sites for hydroxylation is 1. The fourth-order valence-corrected chi connectivity index (χ4v) is 4.71. The van der Waals surface area contributed by atoms with Gasteiger partial charge in [-0.15, -0.1) is 11.3 Å². The van der Waals surface area contributed by atoms with Crippen LogP contribution in [0.1, 0.15) is 41.9 Å². The van der Waals surface area contributed by atoms with E-state index in [9.17, 15) is 4.79 Å². The molecule has 1 atom stereocenters. The monoisotopic (exact) mass is 292 g/mol. The van der Waals surface area contributed by atoms with Gasteiger partial charge < -0.3 is 4.90 Å². The van der Waals surface area contributed by atoms with Gasteiger partial charge in [0.2, 0.25) is 5.91 Å². The summed E-state index contributed by atoms with van der Waals surface area (Å²) >= 11 is 1.90. The predicted molar refractivity (Wildman–Crippen MR) is 82.9 cm³/mol. The highest BCUT2D eigenvalue weighted by molar-refractivity contribution is 7.11. The van der Waals surface area contributed by atoms with Gasteiger partial charge in [0.25, 0.3) is 0 Å². The molecule has 2 aliphatic rings. The number of carbonyl (C=O) groups excluding carboxylic acids is 1. The molecule has 0 saturated carbocycles. The van der Waals surface area contributed by atoms with E-state index in [4.69, 9.17) is 0 Å². The Kier molecular flexibility index (Phi) is 3.87. The van der Waals surface area contributed by atoms with E-state index in [1.807, 2.05) is 18.4 Å². The van der Waals surface area contributed by atoms with Gasteiger partial charge in [-0.3, -0.25) is 9.69 Å². The van der Waals surface area contributed by atoms with Crippen molar-refractivity contribution in [1.29, 1.82) is 0 Å². The Bertz CT molecular complexity index is 494. The summed E-state index contributed by atoms with van der Waals surface area (Å²) < 4.78 is 0. The van der Waals surface area contributed by atoms with E-state index in [1.165, 1.54) is 35.6 Å². The molecular formula is C16H24N2OS. The van der Waals surface area contributed by atoms with Crippen LogP contribution in [0.25, 0.3) is 0 Å². The highest BCUT2D eigenvalue weighted by atomic mass is 32.1. The number of likely N-dealkylation sites (tertiary alicyclic amines) is 2. The summed E-state index contributed by atoms with van der Waals surface area (Å²) in [5.41, 5.74) is 0.111. The van der Waals surface area contributed by atoms with Crippen molar-refractivity contribution >= 4 is 17.2 Å². The number of nitrogens with zero attached hydrogens (tertiary/aromatic N) is 2. The van der Waals surface area contributed by atoms with E-state index >= 15 is 0 Å². The third-order valence-electron chi connectivity index (χ3n) is 4.93. The first kappa shape index (κ1) is 14.1. The summed E-state index contributed by atoms with van der Waals surface area (Å²) in [6, 6.07) is 4.45. The van der Waals surface area contributed by atoms with Crippen LogP contribution in [-0.2, 0) is 11.3 Å². The van der Waals surface area contributed by atoms with Crippen LogP contribution in [-0.4, -0.2) is 41.4 Å². The van der Waals surface area contributed by atoms with Crippen LogP contribution in [0.3, 0.4) is 0 Å². The van der Waals surface area contributed by atoms with Crippen LogP contribution < -0.4 is 0 Å². The average molecular weight is 292 g/mol. The van der Waals surface area contributed by atoms with Gasteiger partial charge in [-0.25, -0.2) is 0 Å². The van der Waals surface area contributed by atoms with Crippen LogP contribution >= 0.6 is 11.3 Å². The van der Waals surface area contributed by atoms with Crippen molar-refractivity contribution < 1.29 is 4.79 Å². The van der Waals surface area contributed by atoms with Gasteiger partial charge in [0.05, 0.1) is 5.54 Å². The molecule has 0 aliphatic carbocycles. The second-order valence-corrected chi connectivity index (χ2v) is 7.73. The molecule has 3 nitrogen and oxygen atoms in total. The van der Waals surface area contributed by atoms with E-state index in [0.717, 1.165) is 25.9 Å². The minimum absolute atomic E-state index is 0.111. The van der Waals surface area contributed by atoms with Crippen molar-refractivity contribution in [3.63, 3.8) is 0 Å². The molecule has 0 N–H and O–H groups in total. The van der Waals surface area contributed by atoms with Crippen molar-refractivity contribution in [2.45, 2.75) is 51.1 Å². The molecule has 1 aromatic rings. The van der Waals surface area contributed by atoms with Crippen LogP contribution in [0.5, 0.6) is 0 Å². The summed E-state index contributed by atoms with van der Waals surface area (Å²) in [4.78, 5) is 19.5. The van der Waals surface area contributed by atoms with E-state index < -0.39 is 0 Å². The minimum Gasteiger partial charge on any atom is -0.339 e. The summed E-state index contributed by atoms with van der Waals surface area (Å²) in [6.07, 6.45) is 5.36. The molecule has 2 aliphatic heterocycles. The predicted octanol–water partition coefficient (Wildman–Crippen LogP) is 3.03. The van der Waals surface area contributed by atoms with Crippen molar-refractivity contribution in [2.75, 3.05) is 20.1 Å². The first-order valence-electron chi connectivity index (χ1n) is 7.63. The smallest absolute Gasteiger partial charge is 0.222 e. The maximum atomic E-state index is 12.0. The van der Waals surface area contributed by atoms with E-state index in [1.54, 1.807) is 0 Å². The number of rotatable bonds is 2. The lowest BCUT2D eigenvalue weighted by atomic mass is 9.80. The lowest BCUT2D eigenvalue weighted by molar-refractivity contribution is -0.142. The molecule has 1 spiro atoms. The summed E-state index contributed by atoms with van der Waals surface area (Å²) in [5.74, 6) is 0.338. The fourth-order valence-electron chi connectivity index (χ4n) is 3.78. The van der Waals surface area contributed by atoms with E-state index in [-0.39, 0.29) is 5.54 Å². The van der Waals surface area contributed by atoms with Gasteiger partial charge in [-0.2, -0.15) is 0 Å². The van der Waals surface area contributed by atoms with Gasteiger partial charge in [-0.05, 0) is 51.3 Å². The lowest BCUT2D eigenvalue weighted by Crippen LogP contribution is -2.60. The molecule has 3 heterocycles. The maximum absolute atomic E-state index is 12.0. The highest BCUT2D eigenvalue weighted by Crippen LogP contribution is 2.36. The lowest BCUT2D eigenvalue weighted by Gasteiger charge is -2.50. The largest absolute Gasteiger partial charge is 0.339 e. The van der Waals surface area contributed by atoms with Crippen LogP contribution in [0, 0.1) is 6.92 Å². The average Bonchev–Trinajstić information content (AvgIpc) is 2.82. The van der Waals surface area contributed by atoms with Gasteiger partial charge in [0.1, 0.15) is 0 Å². The number of amides is 1. The Balaban J connectivity index is 1.71. The molecule has 4 heteroatoms. The number of hydrogen-bond acceptors (Lipinski definition) is 3. The van der Waals surface area contributed by atoms with Gasteiger partial charge in [0, 0.05) is 36.3 Å². The number of hydrogen-bond donors (Lipinski definition) is 0. The Labute approximate surface area is 125 Å². The van der Waals surface area contributed by atoms with Gasteiger partial charge in [-0.1, -0.05) is 0 Å². The molecule has 0 aromatic carbocycles. The van der Waals surface area contributed by atoms with Crippen molar-refractivity contribution in [3.8, 4) is 0 Å². The molecular weight excluding hydrogens is 268 g/mol. The quantitative estimate of drug-likeness (QED) is 0.836. The molecule has 20 heavy (non-hydrogen) atoms. The van der Waals surface area contributed by atoms with Crippen LogP contribution in [0.2, 0.25) is 0 Å². The molecule has 1 amide bonds. The van der Waals surface area contributed by atoms with E-state index in [2.05, 4.69) is 28.9 Å². The molecule has 110 valence electrons. The summed E-state index contributed by atoms with van der Waals surface area (Å²) in [5, 5.41) is 0. The SMILES string of the molecule is Cc1ccc(CN2CCC[C@@]3(CCCC(=O)N3C)C2)s1. The Morgan fingerprint density at radius 2 is 2.10 bits per heavy atom. The number of carbonyl (C=O) groups is 1. The number of likely N-dealkylation sites (N-methyl/N-ethyl adjacent to an activating group) is 1. The topological polar surface area (TPSA) is 23.6 Å². The molecule has 0 unspecified atom stereocenters.